The lowest BCUT2D eigenvalue weighted by Gasteiger charge is -2.46. The standard InChI is InChI=1S/C42H47N9O5/c52-37-4-2-1-3-28(37)34-14-36-39(46-45-34)43-15-26-18-47(11-12-50(26)36)20-31-32-21-48(22-33(31)32)19-30-23-5-6-24(30)17-49(16-23)25-7-8-27-29(13-25)42(56)51(41(27)55)35-9-10-38(53)44-40(35)54/h1-4,7-8,13-14,23-24,26,30-33,35,52H,5-6,9-12,15-22H2,(H,43,46)(H,44,53,54)/t23?,24?,26-,30?,31?,32-,33+,35?/m0/s1. The molecule has 3 N–H and O–H groups in total. The lowest BCUT2D eigenvalue weighted by Crippen LogP contribution is -2.58. The maximum atomic E-state index is 13.5. The molecule has 3 aromatic rings. The maximum absolute atomic E-state index is 13.5. The minimum Gasteiger partial charge on any atom is -0.507 e. The van der Waals surface area contributed by atoms with Crippen molar-refractivity contribution in [1.82, 2.24) is 30.2 Å². The predicted octanol–water partition coefficient (Wildman–Crippen LogP) is 2.51. The van der Waals surface area contributed by atoms with Gasteiger partial charge in [-0.3, -0.25) is 34.3 Å². The van der Waals surface area contributed by atoms with E-state index < -0.39 is 23.8 Å². The first-order chi connectivity index (χ1) is 27.3. The normalized spacial score (nSPS) is 32.2. The van der Waals surface area contributed by atoms with Gasteiger partial charge in [-0.1, -0.05) is 12.1 Å². The summed E-state index contributed by atoms with van der Waals surface area (Å²) in [4.78, 5) is 62.3. The fraction of sp³-hybridized carbons (Fsp3) is 0.524. The Morgan fingerprint density at radius 2 is 1.52 bits per heavy atom. The molecule has 4 unspecified atom stereocenters. The molecule has 8 aliphatic rings. The summed E-state index contributed by atoms with van der Waals surface area (Å²) in [5.74, 6) is 3.49. The van der Waals surface area contributed by atoms with Crippen molar-refractivity contribution in [2.75, 3.05) is 80.6 Å². The number of imide groups is 2. The number of hydrogen-bond acceptors (Lipinski definition) is 12. The van der Waals surface area contributed by atoms with Gasteiger partial charge in [0.15, 0.2) is 5.82 Å². The first kappa shape index (κ1) is 34.2. The summed E-state index contributed by atoms with van der Waals surface area (Å²) in [6.45, 7) is 10.6. The van der Waals surface area contributed by atoms with Gasteiger partial charge in [-0.05, 0) is 91.2 Å². The molecule has 6 fully saturated rings. The molecule has 14 heteroatoms. The van der Waals surface area contributed by atoms with Crippen molar-refractivity contribution in [2.24, 2.45) is 35.5 Å². The van der Waals surface area contributed by atoms with Gasteiger partial charge in [0.25, 0.3) is 11.8 Å². The summed E-state index contributed by atoms with van der Waals surface area (Å²) in [6, 6.07) is 14.3. The van der Waals surface area contributed by atoms with Crippen molar-refractivity contribution in [3.63, 3.8) is 0 Å². The number of nitrogens with zero attached hydrogens (tertiary/aromatic N) is 7. The number of piperazine rings is 1. The zero-order valence-corrected chi connectivity index (χ0v) is 31.3. The number of piperidine rings is 3. The van der Waals surface area contributed by atoms with Gasteiger partial charge in [-0.2, -0.15) is 0 Å². The van der Waals surface area contributed by atoms with Gasteiger partial charge in [0.05, 0.1) is 28.6 Å². The number of para-hydroxylation sites is 1. The molecule has 6 aliphatic heterocycles. The van der Waals surface area contributed by atoms with E-state index in [0.29, 0.717) is 46.2 Å². The third-order valence-corrected chi connectivity index (χ3v) is 14.5. The van der Waals surface area contributed by atoms with Crippen molar-refractivity contribution < 1.29 is 24.3 Å². The molecule has 1 aromatic heterocycles. The second-order valence-corrected chi connectivity index (χ2v) is 17.5. The number of aromatic hydroxyl groups is 1. The van der Waals surface area contributed by atoms with Crippen molar-refractivity contribution in [1.29, 1.82) is 0 Å². The van der Waals surface area contributed by atoms with E-state index in [1.807, 2.05) is 30.3 Å². The minimum absolute atomic E-state index is 0.112. The van der Waals surface area contributed by atoms with Gasteiger partial charge in [0.2, 0.25) is 11.8 Å². The Labute approximate surface area is 325 Å². The van der Waals surface area contributed by atoms with Crippen LogP contribution < -0.4 is 20.4 Å². The summed E-state index contributed by atoms with van der Waals surface area (Å²) >= 11 is 0. The molecule has 0 spiro atoms. The first-order valence-electron chi connectivity index (χ1n) is 20.5. The van der Waals surface area contributed by atoms with E-state index in [9.17, 15) is 24.3 Å². The number of anilines is 3. The summed E-state index contributed by atoms with van der Waals surface area (Å²) in [7, 11) is 0. The number of carbonyl (C=O) groups excluding carboxylic acids is 4. The molecule has 4 saturated heterocycles. The zero-order chi connectivity index (χ0) is 37.8. The largest absolute Gasteiger partial charge is 0.507 e. The fourth-order valence-corrected chi connectivity index (χ4v) is 11.6. The van der Waals surface area contributed by atoms with Gasteiger partial charge >= 0.3 is 0 Å². The summed E-state index contributed by atoms with van der Waals surface area (Å²) < 4.78 is 0. The quantitative estimate of drug-likeness (QED) is 0.304. The lowest BCUT2D eigenvalue weighted by molar-refractivity contribution is -0.136. The van der Waals surface area contributed by atoms with E-state index in [4.69, 9.17) is 0 Å². The number of likely N-dealkylation sites (tertiary alicyclic amines) is 1. The van der Waals surface area contributed by atoms with Gasteiger partial charge in [-0.15, -0.1) is 10.2 Å². The molecule has 2 aliphatic carbocycles. The second-order valence-electron chi connectivity index (χ2n) is 17.5. The van der Waals surface area contributed by atoms with Crippen LogP contribution in [0.3, 0.4) is 0 Å². The predicted molar refractivity (Wildman–Crippen MR) is 207 cm³/mol. The number of rotatable bonds is 7. The highest BCUT2D eigenvalue weighted by atomic mass is 16.3. The van der Waals surface area contributed by atoms with Crippen LogP contribution in [0.1, 0.15) is 46.4 Å². The molecule has 7 atom stereocenters. The molecule has 4 amide bonds. The Bertz CT molecular complexity index is 2140. The van der Waals surface area contributed by atoms with Crippen LogP contribution in [-0.4, -0.2) is 131 Å². The summed E-state index contributed by atoms with van der Waals surface area (Å²) in [5.41, 5.74) is 4.13. The van der Waals surface area contributed by atoms with Crippen LogP contribution in [0.2, 0.25) is 0 Å². The molecule has 56 heavy (non-hydrogen) atoms. The van der Waals surface area contributed by atoms with Crippen LogP contribution in [-0.2, 0) is 9.59 Å². The highest BCUT2D eigenvalue weighted by molar-refractivity contribution is 6.23. The van der Waals surface area contributed by atoms with Gasteiger partial charge in [0, 0.05) is 83.1 Å². The van der Waals surface area contributed by atoms with Crippen LogP contribution in [0, 0.1) is 35.5 Å². The van der Waals surface area contributed by atoms with Crippen LogP contribution in [0.4, 0.5) is 17.2 Å². The van der Waals surface area contributed by atoms with E-state index in [1.165, 1.54) is 39.0 Å². The Balaban J connectivity index is 0.677. The summed E-state index contributed by atoms with van der Waals surface area (Å²) in [5, 5.41) is 25.1. The second kappa shape index (κ2) is 13.0. The highest BCUT2D eigenvalue weighted by Crippen LogP contribution is 2.53. The first-order valence-corrected chi connectivity index (χ1v) is 20.5. The number of fused-ring (bicyclic) bond motifs is 7. The zero-order valence-electron chi connectivity index (χ0n) is 31.3. The van der Waals surface area contributed by atoms with Crippen molar-refractivity contribution in [3.8, 4) is 17.0 Å². The Kier molecular flexibility index (Phi) is 7.93. The molecule has 2 saturated carbocycles. The Morgan fingerprint density at radius 1 is 0.750 bits per heavy atom. The Morgan fingerprint density at radius 3 is 2.30 bits per heavy atom. The molecule has 0 radical (unpaired) electrons. The minimum atomic E-state index is -0.950. The number of amides is 4. The summed E-state index contributed by atoms with van der Waals surface area (Å²) in [6.07, 6.45) is 2.74. The van der Waals surface area contributed by atoms with Crippen molar-refractivity contribution in [2.45, 2.75) is 37.8 Å². The van der Waals surface area contributed by atoms with Gasteiger partial charge in [-0.25, -0.2) is 0 Å². The van der Waals surface area contributed by atoms with Crippen molar-refractivity contribution in [3.05, 3.63) is 59.7 Å². The molecule has 14 nitrogen and oxygen atoms in total. The molecule has 11 rings (SSSR count). The van der Waals surface area contributed by atoms with Gasteiger partial charge in [0.1, 0.15) is 11.8 Å². The third kappa shape index (κ3) is 5.58. The maximum Gasteiger partial charge on any atom is 0.262 e. The SMILES string of the molecule is O=C1CCC(N2C(=O)c3ccc(N4CC5CCC(C4)C5CN4C[C@@H]5C(CN6CCN7c8cc(-c9ccccc9O)nnc8NC[C@H]7C6)[C@@H]5C4)cc3C2=O)C(=O)N1. The molecular formula is C42H47N9O5. The molecular weight excluding hydrogens is 711 g/mol. The van der Waals surface area contributed by atoms with Crippen molar-refractivity contribution >= 4 is 40.8 Å². The Hall–Kier alpha value is -5.08. The lowest BCUT2D eigenvalue weighted by atomic mass is 9.84. The average Bonchev–Trinajstić information content (AvgIpc) is 3.38. The third-order valence-electron chi connectivity index (χ3n) is 14.5. The number of carbonyl (C=O) groups is 4. The van der Waals surface area contributed by atoms with E-state index in [0.717, 1.165) is 79.1 Å². The number of aromatic nitrogens is 2. The molecule has 290 valence electrons. The number of phenols is 1. The number of hydrogen-bond donors (Lipinski definition) is 3. The monoisotopic (exact) mass is 757 g/mol. The number of benzene rings is 2. The molecule has 7 heterocycles. The van der Waals surface area contributed by atoms with Crippen LogP contribution in [0.15, 0.2) is 48.5 Å². The van der Waals surface area contributed by atoms with E-state index >= 15 is 0 Å². The molecule has 2 bridgehead atoms. The molecule has 2 aromatic carbocycles. The van der Waals surface area contributed by atoms with Crippen LogP contribution in [0.5, 0.6) is 5.75 Å². The van der Waals surface area contributed by atoms with Crippen LogP contribution in [0.25, 0.3) is 11.3 Å². The van der Waals surface area contributed by atoms with Crippen LogP contribution >= 0.6 is 0 Å². The number of phenolic OH excluding ortho intramolecular Hbond substituents is 1. The van der Waals surface area contributed by atoms with E-state index in [2.05, 4.69) is 46.5 Å². The topological polar surface area (TPSA) is 155 Å². The average molecular weight is 758 g/mol. The highest BCUT2D eigenvalue weighted by Gasteiger charge is 2.57. The van der Waals surface area contributed by atoms with E-state index in [-0.39, 0.29) is 24.5 Å². The van der Waals surface area contributed by atoms with E-state index in [1.54, 1.807) is 12.1 Å². The van der Waals surface area contributed by atoms with Gasteiger partial charge < -0.3 is 25.1 Å². The smallest absolute Gasteiger partial charge is 0.262 e. The fourth-order valence-electron chi connectivity index (χ4n) is 11.6. The number of nitrogens with one attached hydrogen (secondary N) is 2.